The zero-order chi connectivity index (χ0) is 17.2. The second kappa shape index (κ2) is 6.67. The van der Waals surface area contributed by atoms with Gasteiger partial charge >= 0.3 is 0 Å². The number of β-amino-alcohol motifs (C(OH)–C–C–N with tert-alkyl or cyclic N) is 1. The number of amides is 1. The van der Waals surface area contributed by atoms with Gasteiger partial charge in [0.25, 0.3) is 5.91 Å². The first-order chi connectivity index (χ1) is 11.5. The number of benzene rings is 2. The molecule has 3 rings (SSSR count). The molecule has 0 radical (unpaired) electrons. The summed E-state index contributed by atoms with van der Waals surface area (Å²) in [6.07, 6.45) is -0.365. The number of nitrogens with one attached hydrogen (secondary N) is 2. The normalized spacial score (nSPS) is 23.7. The van der Waals surface area contributed by atoms with E-state index in [1.54, 1.807) is 0 Å². The molecule has 1 amide bonds. The predicted molar refractivity (Wildman–Crippen MR) is 85.4 cm³/mol. The van der Waals surface area contributed by atoms with Gasteiger partial charge < -0.3 is 15.7 Å². The molecule has 0 spiro atoms. The lowest BCUT2D eigenvalue weighted by Crippen LogP contribution is -2.61. The van der Waals surface area contributed by atoms with Crippen molar-refractivity contribution in [1.29, 1.82) is 0 Å². The molecule has 2 atom stereocenters. The molecule has 0 unspecified atom stereocenters. The highest BCUT2D eigenvalue weighted by Crippen LogP contribution is 2.31. The number of rotatable bonds is 3. The van der Waals surface area contributed by atoms with Crippen LogP contribution in [-0.4, -0.2) is 30.2 Å². The number of aliphatic hydroxyl groups excluding tert-OH is 1. The second-order valence-corrected chi connectivity index (χ2v) is 5.89. The summed E-state index contributed by atoms with van der Waals surface area (Å²) in [4.78, 5) is 12.6. The SMILES string of the molecule is O=C(N[C@]1(c2ccccc2)CCNC[C@H]1O)c1ccc(F)c(F)c1. The van der Waals surface area contributed by atoms with E-state index in [9.17, 15) is 18.7 Å². The molecular formula is C18H18F2N2O2. The van der Waals surface area contributed by atoms with Crippen LogP contribution in [0.25, 0.3) is 0 Å². The van der Waals surface area contributed by atoms with Crippen LogP contribution in [0.2, 0.25) is 0 Å². The smallest absolute Gasteiger partial charge is 0.252 e. The molecule has 1 heterocycles. The number of piperidine rings is 1. The van der Waals surface area contributed by atoms with Crippen LogP contribution in [-0.2, 0) is 5.54 Å². The van der Waals surface area contributed by atoms with Gasteiger partial charge in [0.2, 0.25) is 0 Å². The van der Waals surface area contributed by atoms with Crippen molar-refractivity contribution in [3.05, 3.63) is 71.3 Å². The van der Waals surface area contributed by atoms with Gasteiger partial charge in [0.05, 0.1) is 11.6 Å². The molecule has 1 fully saturated rings. The number of halogens is 2. The summed E-state index contributed by atoms with van der Waals surface area (Å²) in [5.74, 6) is -2.65. The second-order valence-electron chi connectivity index (χ2n) is 5.89. The zero-order valence-corrected chi connectivity index (χ0v) is 12.9. The van der Waals surface area contributed by atoms with Crippen molar-refractivity contribution >= 4 is 5.91 Å². The Labute approximate surface area is 138 Å². The fourth-order valence-electron chi connectivity index (χ4n) is 3.07. The third kappa shape index (κ3) is 3.02. The van der Waals surface area contributed by atoms with Crippen molar-refractivity contribution < 1.29 is 18.7 Å². The minimum Gasteiger partial charge on any atom is -0.389 e. The monoisotopic (exact) mass is 332 g/mol. The Morgan fingerprint density at radius 3 is 2.58 bits per heavy atom. The van der Waals surface area contributed by atoms with Gasteiger partial charge in [-0.05, 0) is 36.7 Å². The van der Waals surface area contributed by atoms with E-state index in [1.165, 1.54) is 6.07 Å². The third-order valence-corrected chi connectivity index (χ3v) is 4.41. The maximum atomic E-state index is 13.4. The molecule has 4 nitrogen and oxygen atoms in total. The van der Waals surface area contributed by atoms with E-state index in [1.807, 2.05) is 30.3 Å². The molecule has 0 saturated carbocycles. The van der Waals surface area contributed by atoms with Gasteiger partial charge in [-0.3, -0.25) is 4.79 Å². The Morgan fingerprint density at radius 2 is 1.92 bits per heavy atom. The topological polar surface area (TPSA) is 61.4 Å². The van der Waals surface area contributed by atoms with Gasteiger partial charge in [-0.15, -0.1) is 0 Å². The number of hydrogen-bond donors (Lipinski definition) is 3. The maximum Gasteiger partial charge on any atom is 0.252 e. The van der Waals surface area contributed by atoms with E-state index in [4.69, 9.17) is 0 Å². The summed E-state index contributed by atoms with van der Waals surface area (Å²) in [5.41, 5.74) is -0.195. The largest absolute Gasteiger partial charge is 0.389 e. The highest BCUT2D eigenvalue weighted by atomic mass is 19.2. The van der Waals surface area contributed by atoms with Crippen molar-refractivity contribution in [2.75, 3.05) is 13.1 Å². The molecule has 126 valence electrons. The van der Waals surface area contributed by atoms with Crippen LogP contribution in [0.4, 0.5) is 8.78 Å². The molecule has 6 heteroatoms. The average Bonchev–Trinajstić information content (AvgIpc) is 2.60. The number of carbonyl (C=O) groups is 1. The van der Waals surface area contributed by atoms with Gasteiger partial charge in [0.1, 0.15) is 0 Å². The Morgan fingerprint density at radius 1 is 1.17 bits per heavy atom. The molecule has 3 N–H and O–H groups in total. The summed E-state index contributed by atoms with van der Waals surface area (Å²) in [7, 11) is 0. The van der Waals surface area contributed by atoms with Crippen LogP contribution in [0.1, 0.15) is 22.3 Å². The van der Waals surface area contributed by atoms with Crippen molar-refractivity contribution in [2.45, 2.75) is 18.1 Å². The molecule has 0 bridgehead atoms. The average molecular weight is 332 g/mol. The summed E-state index contributed by atoms with van der Waals surface area (Å²) in [6, 6.07) is 12.2. The van der Waals surface area contributed by atoms with Crippen molar-refractivity contribution in [3.63, 3.8) is 0 Å². The Balaban J connectivity index is 1.95. The quantitative estimate of drug-likeness (QED) is 0.805. The highest BCUT2D eigenvalue weighted by molar-refractivity contribution is 5.94. The Bertz CT molecular complexity index is 739. The van der Waals surface area contributed by atoms with E-state index >= 15 is 0 Å². The van der Waals surface area contributed by atoms with E-state index in [-0.39, 0.29) is 5.56 Å². The summed E-state index contributed by atoms with van der Waals surface area (Å²) in [5, 5.41) is 16.5. The number of aliphatic hydroxyl groups is 1. The van der Waals surface area contributed by atoms with E-state index < -0.39 is 29.2 Å². The predicted octanol–water partition coefficient (Wildman–Crippen LogP) is 1.94. The van der Waals surface area contributed by atoms with Crippen LogP contribution in [0, 0.1) is 11.6 Å². The van der Waals surface area contributed by atoms with Gasteiger partial charge in [0.15, 0.2) is 11.6 Å². The van der Waals surface area contributed by atoms with Gasteiger partial charge in [-0.25, -0.2) is 8.78 Å². The Kier molecular flexibility index (Phi) is 4.59. The van der Waals surface area contributed by atoms with E-state index in [0.29, 0.717) is 19.5 Å². The molecule has 1 aliphatic heterocycles. The standard InChI is InChI=1S/C18H18F2N2O2/c19-14-7-6-12(10-15(14)20)17(24)22-18(8-9-21-11-16(18)23)13-4-2-1-3-5-13/h1-7,10,16,21,23H,8-9,11H2,(H,22,24)/t16-,18+/m1/s1. The summed E-state index contributed by atoms with van der Waals surface area (Å²) in [6.45, 7) is 0.941. The van der Waals surface area contributed by atoms with Crippen molar-refractivity contribution in [1.82, 2.24) is 10.6 Å². The lowest BCUT2D eigenvalue weighted by molar-refractivity contribution is 0.0289. The van der Waals surface area contributed by atoms with Crippen LogP contribution in [0.5, 0.6) is 0 Å². The molecule has 1 saturated heterocycles. The molecule has 0 aliphatic carbocycles. The van der Waals surface area contributed by atoms with E-state index in [0.717, 1.165) is 17.7 Å². The molecule has 2 aromatic carbocycles. The summed E-state index contributed by atoms with van der Waals surface area (Å²) < 4.78 is 26.5. The first-order valence-electron chi connectivity index (χ1n) is 7.75. The summed E-state index contributed by atoms with van der Waals surface area (Å²) >= 11 is 0. The molecule has 2 aromatic rings. The maximum absolute atomic E-state index is 13.4. The highest BCUT2D eigenvalue weighted by Gasteiger charge is 2.42. The van der Waals surface area contributed by atoms with Gasteiger partial charge in [-0.2, -0.15) is 0 Å². The lowest BCUT2D eigenvalue weighted by atomic mass is 9.79. The third-order valence-electron chi connectivity index (χ3n) is 4.41. The fraction of sp³-hybridized carbons (Fsp3) is 0.278. The van der Waals surface area contributed by atoms with Gasteiger partial charge in [0, 0.05) is 12.1 Å². The minimum atomic E-state index is -1.08. The minimum absolute atomic E-state index is 0.00920. The molecule has 0 aromatic heterocycles. The molecule has 1 aliphatic rings. The van der Waals surface area contributed by atoms with Crippen LogP contribution >= 0.6 is 0 Å². The first-order valence-corrected chi connectivity index (χ1v) is 7.75. The van der Waals surface area contributed by atoms with Crippen molar-refractivity contribution in [3.8, 4) is 0 Å². The van der Waals surface area contributed by atoms with Crippen molar-refractivity contribution in [2.24, 2.45) is 0 Å². The Hall–Kier alpha value is -2.31. The van der Waals surface area contributed by atoms with Crippen LogP contribution in [0.15, 0.2) is 48.5 Å². The lowest BCUT2D eigenvalue weighted by Gasteiger charge is -2.43. The molecule has 24 heavy (non-hydrogen) atoms. The number of hydrogen-bond acceptors (Lipinski definition) is 3. The fourth-order valence-corrected chi connectivity index (χ4v) is 3.07. The van der Waals surface area contributed by atoms with E-state index in [2.05, 4.69) is 10.6 Å². The van der Waals surface area contributed by atoms with Crippen LogP contribution in [0.3, 0.4) is 0 Å². The number of carbonyl (C=O) groups excluding carboxylic acids is 1. The molecular weight excluding hydrogens is 314 g/mol. The zero-order valence-electron chi connectivity index (χ0n) is 12.9. The first kappa shape index (κ1) is 16.5. The van der Waals surface area contributed by atoms with Crippen LogP contribution < -0.4 is 10.6 Å². The van der Waals surface area contributed by atoms with Gasteiger partial charge in [-0.1, -0.05) is 30.3 Å².